The molecule has 5 aromatic rings. The second-order valence-corrected chi connectivity index (χ2v) is 9.65. The van der Waals surface area contributed by atoms with Crippen molar-refractivity contribution in [3.05, 3.63) is 88.9 Å². The van der Waals surface area contributed by atoms with E-state index in [9.17, 15) is 4.79 Å². The molecule has 1 amide bonds. The Hall–Kier alpha value is -3.39. The highest BCUT2D eigenvalue weighted by atomic mass is 35.5. The zero-order chi connectivity index (χ0) is 25.1. The van der Waals surface area contributed by atoms with Gasteiger partial charge in [-0.15, -0.1) is 10.2 Å². The number of hydrogen-bond acceptors (Lipinski definition) is 5. The van der Waals surface area contributed by atoms with Crippen LogP contribution in [0.3, 0.4) is 0 Å². The monoisotopic (exact) mass is 533 g/mol. The third-order valence-electron chi connectivity index (χ3n) is 5.62. The highest BCUT2D eigenvalue weighted by Crippen LogP contribution is 2.33. The molecule has 0 spiro atoms. The Balaban J connectivity index is 1.45. The van der Waals surface area contributed by atoms with Crippen LogP contribution in [0.5, 0.6) is 0 Å². The molecule has 5 rings (SSSR count). The largest absolute Gasteiger partial charge is 0.324 e. The number of nitrogens with one attached hydrogen (secondary N) is 1. The molecule has 180 valence electrons. The molecule has 0 atom stereocenters. The minimum absolute atomic E-state index is 0.146. The van der Waals surface area contributed by atoms with Crippen LogP contribution in [-0.2, 0) is 11.3 Å². The molecule has 0 bridgehead atoms. The maximum absolute atomic E-state index is 12.6. The Bertz CT molecular complexity index is 1560. The number of fused-ring (bicyclic) bond motifs is 1. The van der Waals surface area contributed by atoms with Crippen molar-refractivity contribution in [2.45, 2.75) is 18.6 Å². The van der Waals surface area contributed by atoms with Crippen molar-refractivity contribution in [2.24, 2.45) is 0 Å². The Morgan fingerprint density at radius 2 is 1.75 bits per heavy atom. The first kappa shape index (κ1) is 24.3. The number of amides is 1. The van der Waals surface area contributed by atoms with E-state index in [2.05, 4.69) is 21.6 Å². The van der Waals surface area contributed by atoms with Crippen molar-refractivity contribution < 1.29 is 4.79 Å². The van der Waals surface area contributed by atoms with Gasteiger partial charge in [-0.1, -0.05) is 89.6 Å². The van der Waals surface area contributed by atoms with Gasteiger partial charge < -0.3 is 9.88 Å². The number of thioether (sulfide) groups is 1. The van der Waals surface area contributed by atoms with Crippen LogP contribution in [0, 0.1) is 0 Å². The lowest BCUT2D eigenvalue weighted by molar-refractivity contribution is -0.113. The Morgan fingerprint density at radius 1 is 0.972 bits per heavy atom. The molecule has 0 unspecified atom stereocenters. The predicted molar refractivity (Wildman–Crippen MR) is 148 cm³/mol. The van der Waals surface area contributed by atoms with E-state index >= 15 is 0 Å². The Kier molecular flexibility index (Phi) is 7.23. The summed E-state index contributed by atoms with van der Waals surface area (Å²) in [7, 11) is 0. The van der Waals surface area contributed by atoms with Gasteiger partial charge in [0.15, 0.2) is 11.0 Å². The fraction of sp³-hybridized carbons (Fsp3) is 0.111. The summed E-state index contributed by atoms with van der Waals surface area (Å²) in [6, 6.07) is 25.2. The van der Waals surface area contributed by atoms with Gasteiger partial charge in [0.25, 0.3) is 0 Å². The lowest BCUT2D eigenvalue weighted by Gasteiger charge is -2.12. The van der Waals surface area contributed by atoms with Crippen LogP contribution in [0.4, 0.5) is 5.69 Å². The number of nitrogens with zero attached hydrogens (tertiary/aromatic N) is 4. The molecule has 0 aliphatic carbocycles. The Morgan fingerprint density at radius 3 is 2.56 bits per heavy atom. The summed E-state index contributed by atoms with van der Waals surface area (Å²) in [5, 5.41) is 14.1. The molecule has 0 saturated heterocycles. The van der Waals surface area contributed by atoms with Gasteiger partial charge in [-0.25, -0.2) is 4.98 Å². The molecule has 0 radical (unpaired) electrons. The van der Waals surface area contributed by atoms with Crippen molar-refractivity contribution in [1.82, 2.24) is 19.7 Å². The molecule has 36 heavy (non-hydrogen) atoms. The quantitative estimate of drug-likeness (QED) is 0.223. The van der Waals surface area contributed by atoms with Crippen molar-refractivity contribution in [2.75, 3.05) is 11.1 Å². The fourth-order valence-corrected chi connectivity index (χ4v) is 5.06. The van der Waals surface area contributed by atoms with Gasteiger partial charge in [0.05, 0.1) is 32.7 Å². The zero-order valence-electron chi connectivity index (χ0n) is 19.3. The van der Waals surface area contributed by atoms with Gasteiger partial charge in [-0.3, -0.25) is 4.79 Å². The molecular formula is C27H21Cl2N5OS. The van der Waals surface area contributed by atoms with Crippen molar-refractivity contribution >= 4 is 57.5 Å². The summed E-state index contributed by atoms with van der Waals surface area (Å²) >= 11 is 13.6. The highest BCUT2D eigenvalue weighted by molar-refractivity contribution is 7.99. The van der Waals surface area contributed by atoms with E-state index in [0.717, 1.165) is 33.5 Å². The third-order valence-corrected chi connectivity index (χ3v) is 7.40. The topological polar surface area (TPSA) is 72.7 Å². The van der Waals surface area contributed by atoms with E-state index in [0.29, 0.717) is 27.4 Å². The van der Waals surface area contributed by atoms with Gasteiger partial charge >= 0.3 is 0 Å². The zero-order valence-corrected chi connectivity index (χ0v) is 21.6. The second-order valence-electron chi connectivity index (χ2n) is 7.93. The van der Waals surface area contributed by atoms with E-state index in [-0.39, 0.29) is 11.7 Å². The second kappa shape index (κ2) is 10.7. The molecule has 1 N–H and O–H groups in total. The van der Waals surface area contributed by atoms with Crippen molar-refractivity contribution in [3.63, 3.8) is 0 Å². The smallest absolute Gasteiger partial charge is 0.234 e. The number of carbonyl (C=O) groups excluding carboxylic acids is 1. The standard InChI is InChI=1S/C27H21Cl2N5OS/c1-2-34-26(32-33-27(34)36-16-24(35)31-22-14-8-12-20(28)25(22)29)19-15-23(17-9-4-3-5-10-17)30-21-13-7-6-11-18(19)21/h3-15H,2,16H2,1H3,(H,31,35). The molecule has 3 aromatic carbocycles. The molecule has 0 fully saturated rings. The lowest BCUT2D eigenvalue weighted by atomic mass is 10.0. The predicted octanol–water partition coefficient (Wildman–Crippen LogP) is 7.22. The molecule has 2 heterocycles. The maximum atomic E-state index is 12.6. The van der Waals surface area contributed by atoms with Crippen LogP contribution in [0.1, 0.15) is 6.92 Å². The van der Waals surface area contributed by atoms with Gasteiger partial charge in [0, 0.05) is 23.1 Å². The summed E-state index contributed by atoms with van der Waals surface area (Å²) in [5.74, 6) is 0.666. The normalized spacial score (nSPS) is 11.1. The maximum Gasteiger partial charge on any atom is 0.234 e. The first-order chi connectivity index (χ1) is 17.5. The minimum Gasteiger partial charge on any atom is -0.324 e. The summed E-state index contributed by atoms with van der Waals surface area (Å²) < 4.78 is 2.01. The highest BCUT2D eigenvalue weighted by Gasteiger charge is 2.19. The average molecular weight is 534 g/mol. The van der Waals surface area contributed by atoms with Crippen LogP contribution in [-0.4, -0.2) is 31.4 Å². The number of anilines is 1. The van der Waals surface area contributed by atoms with Crippen LogP contribution in [0.25, 0.3) is 33.5 Å². The average Bonchev–Trinajstić information content (AvgIpc) is 3.32. The third kappa shape index (κ3) is 4.95. The van der Waals surface area contributed by atoms with E-state index < -0.39 is 0 Å². The molecule has 0 saturated carbocycles. The molecule has 2 aromatic heterocycles. The first-order valence-electron chi connectivity index (χ1n) is 11.3. The molecule has 0 aliphatic rings. The summed E-state index contributed by atoms with van der Waals surface area (Å²) in [5.41, 5.74) is 4.19. The van der Waals surface area contributed by atoms with E-state index in [1.54, 1.807) is 18.2 Å². The summed E-state index contributed by atoms with van der Waals surface area (Å²) in [4.78, 5) is 17.5. The number of para-hydroxylation sites is 1. The fourth-order valence-electron chi connectivity index (χ4n) is 3.91. The Labute approximate surface area is 222 Å². The SMILES string of the molecule is CCn1c(SCC(=O)Nc2cccc(Cl)c2Cl)nnc1-c1cc(-c2ccccc2)nc2ccccc12. The minimum atomic E-state index is -0.211. The van der Waals surface area contributed by atoms with Crippen molar-refractivity contribution in [3.8, 4) is 22.6 Å². The van der Waals surface area contributed by atoms with E-state index in [4.69, 9.17) is 28.2 Å². The summed E-state index contributed by atoms with van der Waals surface area (Å²) in [6.07, 6.45) is 0. The van der Waals surface area contributed by atoms with E-state index in [1.165, 1.54) is 11.8 Å². The van der Waals surface area contributed by atoms with Crippen molar-refractivity contribution in [1.29, 1.82) is 0 Å². The van der Waals surface area contributed by atoms with Crippen LogP contribution in [0.15, 0.2) is 84.0 Å². The number of pyridine rings is 1. The molecule has 9 heteroatoms. The van der Waals surface area contributed by atoms with E-state index in [1.807, 2.05) is 66.1 Å². The van der Waals surface area contributed by atoms with Gasteiger partial charge in [-0.2, -0.15) is 0 Å². The molecule has 0 aliphatic heterocycles. The number of halogens is 2. The lowest BCUT2D eigenvalue weighted by Crippen LogP contribution is -2.15. The van der Waals surface area contributed by atoms with Crippen LogP contribution in [0.2, 0.25) is 10.0 Å². The van der Waals surface area contributed by atoms with Gasteiger partial charge in [0.1, 0.15) is 0 Å². The van der Waals surface area contributed by atoms with Gasteiger partial charge in [-0.05, 0) is 31.2 Å². The first-order valence-corrected chi connectivity index (χ1v) is 13.0. The number of carbonyl (C=O) groups is 1. The molecule has 6 nitrogen and oxygen atoms in total. The van der Waals surface area contributed by atoms with Crippen LogP contribution < -0.4 is 5.32 Å². The number of aromatic nitrogens is 4. The van der Waals surface area contributed by atoms with Gasteiger partial charge in [0.2, 0.25) is 5.91 Å². The number of hydrogen-bond donors (Lipinski definition) is 1. The summed E-state index contributed by atoms with van der Waals surface area (Å²) in [6.45, 7) is 2.67. The number of rotatable bonds is 7. The molecular weight excluding hydrogens is 513 g/mol. The number of benzene rings is 3. The van der Waals surface area contributed by atoms with Crippen LogP contribution >= 0.6 is 35.0 Å².